The Hall–Kier alpha value is -2.39. The maximum absolute atomic E-state index is 3.55. The number of pyridine rings is 1. The number of hydrogen-bond donors (Lipinski definition) is 1. The molecule has 0 aliphatic rings. The molecule has 2 aromatic heterocycles. The summed E-state index contributed by atoms with van der Waals surface area (Å²) >= 11 is 3.55. The molecule has 0 bridgehead atoms. The van der Waals surface area contributed by atoms with Crippen LogP contribution in [0.5, 0.6) is 0 Å². The number of para-hydroxylation sites is 1. The van der Waals surface area contributed by atoms with Crippen LogP contribution >= 0.6 is 15.9 Å². The van der Waals surface area contributed by atoms with Crippen LogP contribution in [0.25, 0.3) is 34.0 Å². The monoisotopic (exact) mass is 363 g/mol. The van der Waals surface area contributed by atoms with Crippen LogP contribution in [-0.4, -0.2) is 4.98 Å². The van der Waals surface area contributed by atoms with E-state index in [1.807, 2.05) is 6.07 Å². The molecule has 0 fully saturated rings. The first kappa shape index (κ1) is 14.2. The lowest BCUT2D eigenvalue weighted by Crippen LogP contribution is -2.32. The Morgan fingerprint density at radius 1 is 1.00 bits per heavy atom. The van der Waals surface area contributed by atoms with Crippen LogP contribution < -0.4 is 4.57 Å². The van der Waals surface area contributed by atoms with Crippen molar-refractivity contribution in [2.45, 2.75) is 0 Å². The van der Waals surface area contributed by atoms with E-state index in [9.17, 15) is 0 Å². The predicted molar refractivity (Wildman–Crippen MR) is 100 cm³/mol. The second kappa shape index (κ2) is 5.67. The van der Waals surface area contributed by atoms with Gasteiger partial charge in [-0.3, -0.25) is 0 Å². The first-order valence-corrected chi connectivity index (χ1v) is 8.34. The van der Waals surface area contributed by atoms with Crippen LogP contribution in [0.1, 0.15) is 11.3 Å². The molecule has 112 valence electrons. The molecule has 2 nitrogen and oxygen atoms in total. The minimum absolute atomic E-state index is 1.10. The lowest BCUT2D eigenvalue weighted by molar-refractivity contribution is -0.646. The fraction of sp³-hybridized carbons (Fsp3) is 0.0500. The van der Waals surface area contributed by atoms with Gasteiger partial charge in [0, 0.05) is 45.2 Å². The topological polar surface area (TPSA) is 19.7 Å². The number of aromatic nitrogens is 2. The van der Waals surface area contributed by atoms with Crippen LogP contribution in [0.2, 0.25) is 0 Å². The molecule has 0 amide bonds. The molecule has 0 atom stereocenters. The van der Waals surface area contributed by atoms with E-state index in [0.717, 1.165) is 4.47 Å². The molecule has 0 unspecified atom stereocenters. The normalized spacial score (nSPS) is 11.7. The molecule has 23 heavy (non-hydrogen) atoms. The van der Waals surface area contributed by atoms with Gasteiger partial charge >= 0.3 is 0 Å². The molecule has 0 spiro atoms. The minimum atomic E-state index is 1.10. The second-order valence-corrected chi connectivity index (χ2v) is 6.56. The first-order valence-electron chi connectivity index (χ1n) is 7.55. The molecule has 0 saturated heterocycles. The molecule has 0 saturated carbocycles. The van der Waals surface area contributed by atoms with E-state index >= 15 is 0 Å². The van der Waals surface area contributed by atoms with Crippen molar-refractivity contribution in [2.24, 2.45) is 7.05 Å². The zero-order valence-corrected chi connectivity index (χ0v) is 14.3. The molecular weight excluding hydrogens is 348 g/mol. The lowest BCUT2D eigenvalue weighted by atomic mass is 10.1. The highest BCUT2D eigenvalue weighted by molar-refractivity contribution is 9.10. The fourth-order valence-corrected chi connectivity index (χ4v) is 3.30. The van der Waals surface area contributed by atoms with Crippen molar-refractivity contribution >= 4 is 49.9 Å². The summed E-state index contributed by atoms with van der Waals surface area (Å²) < 4.78 is 3.31. The van der Waals surface area contributed by atoms with E-state index in [0.29, 0.717) is 0 Å². The standard InChI is InChI=1S/C20H15BrN2/c1-23-17(10-7-14-6-9-16(21)12-20(14)23)11-8-15-13-22-19-5-3-2-4-18(15)19/h2-13H,1H3/p+1. The molecule has 3 heteroatoms. The minimum Gasteiger partial charge on any atom is -0.361 e. The van der Waals surface area contributed by atoms with Gasteiger partial charge in [0.1, 0.15) is 7.05 Å². The Labute approximate surface area is 143 Å². The average molecular weight is 364 g/mol. The van der Waals surface area contributed by atoms with E-state index in [2.05, 4.69) is 99.4 Å². The second-order valence-electron chi connectivity index (χ2n) is 5.64. The number of benzene rings is 2. The van der Waals surface area contributed by atoms with Gasteiger partial charge in [-0.15, -0.1) is 0 Å². The number of nitrogens with zero attached hydrogens (tertiary/aromatic N) is 1. The summed E-state index contributed by atoms with van der Waals surface area (Å²) in [4.78, 5) is 3.31. The maximum Gasteiger partial charge on any atom is 0.213 e. The summed E-state index contributed by atoms with van der Waals surface area (Å²) in [5.74, 6) is 0. The number of fused-ring (bicyclic) bond motifs is 2. The van der Waals surface area contributed by atoms with Crippen LogP contribution in [0.15, 0.2) is 65.3 Å². The molecule has 4 rings (SSSR count). The number of H-pyrrole nitrogens is 1. The Bertz CT molecular complexity index is 1040. The number of aryl methyl sites for hydroxylation is 1. The third-order valence-electron chi connectivity index (χ3n) is 4.23. The zero-order valence-electron chi connectivity index (χ0n) is 12.8. The van der Waals surface area contributed by atoms with Crippen LogP contribution in [-0.2, 0) is 7.05 Å². The van der Waals surface area contributed by atoms with Crippen molar-refractivity contribution in [3.63, 3.8) is 0 Å². The third kappa shape index (κ3) is 2.57. The summed E-state index contributed by atoms with van der Waals surface area (Å²) in [6.07, 6.45) is 6.38. The number of rotatable bonds is 2. The predicted octanol–water partition coefficient (Wildman–Crippen LogP) is 5.08. The summed E-state index contributed by atoms with van der Waals surface area (Å²) in [7, 11) is 2.10. The molecular formula is C20H16BrN2+. The fourth-order valence-electron chi connectivity index (χ4n) is 2.95. The molecule has 2 aromatic carbocycles. The highest BCUT2D eigenvalue weighted by atomic mass is 79.9. The molecule has 2 heterocycles. The first-order chi connectivity index (χ1) is 11.2. The quantitative estimate of drug-likeness (QED) is 0.479. The van der Waals surface area contributed by atoms with Crippen molar-refractivity contribution in [3.05, 3.63) is 76.5 Å². The van der Waals surface area contributed by atoms with E-state index in [4.69, 9.17) is 0 Å². The molecule has 0 aliphatic heterocycles. The SMILES string of the molecule is C[n+]1c(C=Cc2c[nH]c3ccccc23)ccc2ccc(Br)cc21. The number of aromatic amines is 1. The Balaban J connectivity index is 1.79. The van der Waals surface area contributed by atoms with Crippen LogP contribution in [0.4, 0.5) is 0 Å². The highest BCUT2D eigenvalue weighted by Crippen LogP contribution is 2.21. The van der Waals surface area contributed by atoms with Gasteiger partial charge in [0.2, 0.25) is 11.2 Å². The smallest absolute Gasteiger partial charge is 0.213 e. The van der Waals surface area contributed by atoms with Gasteiger partial charge in [-0.05, 0) is 35.9 Å². The van der Waals surface area contributed by atoms with E-state index < -0.39 is 0 Å². The Morgan fingerprint density at radius 2 is 1.83 bits per heavy atom. The lowest BCUT2D eigenvalue weighted by Gasteiger charge is -2.00. The number of hydrogen-bond acceptors (Lipinski definition) is 0. The van der Waals surface area contributed by atoms with E-state index in [1.165, 1.54) is 33.1 Å². The summed E-state index contributed by atoms with van der Waals surface area (Å²) in [5, 5.41) is 2.48. The van der Waals surface area contributed by atoms with Crippen LogP contribution in [0.3, 0.4) is 0 Å². The van der Waals surface area contributed by atoms with Gasteiger partial charge in [0.15, 0.2) is 0 Å². The summed E-state index contributed by atoms with van der Waals surface area (Å²) in [5.41, 5.74) is 4.75. The summed E-state index contributed by atoms with van der Waals surface area (Å²) in [6, 6.07) is 19.0. The van der Waals surface area contributed by atoms with Crippen LogP contribution in [0, 0.1) is 0 Å². The van der Waals surface area contributed by atoms with Gasteiger partial charge in [-0.2, -0.15) is 4.57 Å². The largest absolute Gasteiger partial charge is 0.361 e. The van der Waals surface area contributed by atoms with Gasteiger partial charge in [0.05, 0.1) is 0 Å². The molecule has 1 N–H and O–H groups in total. The Morgan fingerprint density at radius 3 is 2.74 bits per heavy atom. The molecule has 0 radical (unpaired) electrons. The zero-order chi connectivity index (χ0) is 15.8. The van der Waals surface area contributed by atoms with E-state index in [-0.39, 0.29) is 0 Å². The third-order valence-corrected chi connectivity index (χ3v) is 4.72. The van der Waals surface area contributed by atoms with Crippen molar-refractivity contribution in [1.29, 1.82) is 0 Å². The maximum atomic E-state index is 3.55. The van der Waals surface area contributed by atoms with E-state index in [1.54, 1.807) is 0 Å². The van der Waals surface area contributed by atoms with Gasteiger partial charge < -0.3 is 4.98 Å². The number of nitrogens with one attached hydrogen (secondary N) is 1. The molecule has 0 aliphatic carbocycles. The van der Waals surface area contributed by atoms with Crippen molar-refractivity contribution in [1.82, 2.24) is 4.98 Å². The Kier molecular flexibility index (Phi) is 3.50. The van der Waals surface area contributed by atoms with Gasteiger partial charge in [-0.25, -0.2) is 0 Å². The van der Waals surface area contributed by atoms with Gasteiger partial charge in [-0.1, -0.05) is 34.1 Å². The van der Waals surface area contributed by atoms with Crippen molar-refractivity contribution < 1.29 is 4.57 Å². The average Bonchev–Trinajstić information content (AvgIpc) is 2.98. The number of halogens is 1. The molecule has 4 aromatic rings. The summed E-state index contributed by atoms with van der Waals surface area (Å²) in [6.45, 7) is 0. The van der Waals surface area contributed by atoms with Crippen molar-refractivity contribution in [3.8, 4) is 0 Å². The van der Waals surface area contributed by atoms with Crippen molar-refractivity contribution in [2.75, 3.05) is 0 Å². The van der Waals surface area contributed by atoms with Gasteiger partial charge in [0.25, 0.3) is 0 Å². The highest BCUT2D eigenvalue weighted by Gasteiger charge is 2.10.